The van der Waals surface area contributed by atoms with Crippen LogP contribution in [0, 0.1) is 6.92 Å². The first-order valence-electron chi connectivity index (χ1n) is 7.22. The molecule has 0 saturated heterocycles. The summed E-state index contributed by atoms with van der Waals surface area (Å²) in [7, 11) is 0. The van der Waals surface area contributed by atoms with Crippen LogP contribution in [0.25, 0.3) is 6.08 Å². The molecule has 0 spiro atoms. The van der Waals surface area contributed by atoms with Crippen LogP contribution in [0.4, 0.5) is 0 Å². The summed E-state index contributed by atoms with van der Waals surface area (Å²) in [6.07, 6.45) is 5.02. The van der Waals surface area contributed by atoms with Gasteiger partial charge in [0.1, 0.15) is 11.8 Å². The largest absolute Gasteiger partial charge is 0.462 e. The number of nitrogens with zero attached hydrogens (tertiary/aromatic N) is 2. The van der Waals surface area contributed by atoms with Crippen LogP contribution < -0.4 is 0 Å². The quantitative estimate of drug-likeness (QED) is 0.432. The lowest BCUT2D eigenvalue weighted by atomic mass is 10.2. The van der Waals surface area contributed by atoms with E-state index in [2.05, 4.69) is 5.10 Å². The molecule has 0 saturated carbocycles. The van der Waals surface area contributed by atoms with Crippen LogP contribution in [-0.2, 0) is 16.1 Å². The first-order valence-corrected chi connectivity index (χ1v) is 8.99. The summed E-state index contributed by atoms with van der Waals surface area (Å²) in [6, 6.07) is 9.96. The molecule has 1 aromatic heterocycles. The number of hydrogen-bond acceptors (Lipinski definition) is 4. The highest BCUT2D eigenvalue weighted by Gasteiger charge is 2.11. The monoisotopic (exact) mass is 350 g/mol. The molecule has 0 fully saturated rings. The van der Waals surface area contributed by atoms with Gasteiger partial charge >= 0.3 is 5.97 Å². The van der Waals surface area contributed by atoms with Crippen LogP contribution in [-0.4, -0.2) is 34.4 Å². The Morgan fingerprint density at radius 2 is 2.13 bits per heavy atom. The molecule has 2 aromatic rings. The van der Waals surface area contributed by atoms with Crippen molar-refractivity contribution in [1.29, 1.82) is 0 Å². The van der Waals surface area contributed by atoms with Gasteiger partial charge in [-0.15, -0.1) is 0 Å². The molecule has 0 bridgehead atoms. The number of rotatable bonds is 7. The maximum atomic E-state index is 11.6. The Kier molecular flexibility index (Phi) is 6.74. The number of carbonyl (C=O) groups excluding carboxylic acids is 1. The first kappa shape index (κ1) is 17.6. The van der Waals surface area contributed by atoms with Crippen molar-refractivity contribution in [3.05, 3.63) is 58.4 Å². The van der Waals surface area contributed by atoms with Crippen molar-refractivity contribution in [2.75, 3.05) is 18.6 Å². The highest BCUT2D eigenvalue weighted by atomic mass is 35.5. The van der Waals surface area contributed by atoms with Gasteiger partial charge in [-0.3, -0.25) is 0 Å². The molecule has 4 nitrogen and oxygen atoms in total. The second-order valence-electron chi connectivity index (χ2n) is 4.93. The van der Waals surface area contributed by atoms with Crippen LogP contribution in [0.3, 0.4) is 0 Å². The van der Waals surface area contributed by atoms with E-state index in [1.165, 1.54) is 6.08 Å². The predicted molar refractivity (Wildman–Crippen MR) is 95.9 cm³/mol. The number of aryl methyl sites for hydroxylation is 1. The molecular formula is C17H19ClN2O2S. The Morgan fingerprint density at radius 3 is 2.83 bits per heavy atom. The topological polar surface area (TPSA) is 44.1 Å². The van der Waals surface area contributed by atoms with E-state index in [4.69, 9.17) is 16.3 Å². The molecule has 6 heteroatoms. The number of hydrogen-bond donors (Lipinski definition) is 0. The van der Waals surface area contributed by atoms with E-state index in [1.807, 2.05) is 43.5 Å². The minimum Gasteiger partial charge on any atom is -0.462 e. The number of aromatic nitrogens is 2. The molecule has 0 aliphatic carbocycles. The average Bonchev–Trinajstić information content (AvgIpc) is 2.80. The van der Waals surface area contributed by atoms with E-state index in [1.54, 1.807) is 22.5 Å². The molecule has 0 aliphatic heterocycles. The lowest BCUT2D eigenvalue weighted by Gasteiger charge is -2.03. The summed E-state index contributed by atoms with van der Waals surface area (Å²) in [4.78, 5) is 11.6. The highest BCUT2D eigenvalue weighted by molar-refractivity contribution is 7.98. The number of carbonyl (C=O) groups is 1. The summed E-state index contributed by atoms with van der Waals surface area (Å²) in [5, 5.41) is 4.95. The van der Waals surface area contributed by atoms with E-state index in [9.17, 15) is 4.79 Å². The summed E-state index contributed by atoms with van der Waals surface area (Å²) >= 11 is 8.01. The lowest BCUT2D eigenvalue weighted by Crippen LogP contribution is -2.03. The third-order valence-corrected chi connectivity index (χ3v) is 4.18. The van der Waals surface area contributed by atoms with E-state index in [0.29, 0.717) is 18.3 Å². The van der Waals surface area contributed by atoms with Gasteiger partial charge in [-0.1, -0.05) is 41.9 Å². The lowest BCUT2D eigenvalue weighted by molar-refractivity contribution is -0.137. The van der Waals surface area contributed by atoms with Crippen LogP contribution in [0.2, 0.25) is 5.15 Å². The molecule has 0 N–H and O–H groups in total. The fourth-order valence-electron chi connectivity index (χ4n) is 2.04. The van der Waals surface area contributed by atoms with Gasteiger partial charge < -0.3 is 4.74 Å². The zero-order valence-corrected chi connectivity index (χ0v) is 14.7. The van der Waals surface area contributed by atoms with E-state index < -0.39 is 0 Å². The molecule has 23 heavy (non-hydrogen) atoms. The van der Waals surface area contributed by atoms with Crippen molar-refractivity contribution in [2.45, 2.75) is 13.5 Å². The van der Waals surface area contributed by atoms with Crippen LogP contribution >= 0.6 is 23.4 Å². The Morgan fingerprint density at radius 1 is 1.39 bits per heavy atom. The van der Waals surface area contributed by atoms with Crippen LogP contribution in [0.5, 0.6) is 0 Å². The van der Waals surface area contributed by atoms with Gasteiger partial charge in [-0.05, 0) is 24.8 Å². The van der Waals surface area contributed by atoms with Gasteiger partial charge in [0.15, 0.2) is 0 Å². The normalized spacial score (nSPS) is 11.1. The number of esters is 1. The molecule has 1 heterocycles. The van der Waals surface area contributed by atoms with Gasteiger partial charge in [0.05, 0.1) is 12.2 Å². The van der Waals surface area contributed by atoms with Crippen molar-refractivity contribution in [3.8, 4) is 0 Å². The molecule has 0 aliphatic rings. The third kappa shape index (κ3) is 5.15. The maximum Gasteiger partial charge on any atom is 0.330 e. The van der Waals surface area contributed by atoms with Crippen molar-refractivity contribution in [2.24, 2.45) is 0 Å². The van der Waals surface area contributed by atoms with Crippen molar-refractivity contribution in [1.82, 2.24) is 9.78 Å². The Balaban J connectivity index is 2.07. The summed E-state index contributed by atoms with van der Waals surface area (Å²) < 4.78 is 6.80. The van der Waals surface area contributed by atoms with Crippen molar-refractivity contribution >= 4 is 35.4 Å². The molecule has 0 unspecified atom stereocenters. The summed E-state index contributed by atoms with van der Waals surface area (Å²) in [5.74, 6) is 0.416. The number of ether oxygens (including phenoxy) is 1. The second kappa shape index (κ2) is 8.79. The molecular weight excluding hydrogens is 332 g/mol. The number of benzene rings is 1. The fourth-order valence-corrected chi connectivity index (χ4v) is 2.59. The van der Waals surface area contributed by atoms with Gasteiger partial charge in [0.25, 0.3) is 0 Å². The molecule has 2 rings (SSSR count). The number of thioether (sulfide) groups is 1. The SMILES string of the molecule is CSCCOC(=O)/C=C/c1c(C)nn(Cc2ccccc2)c1Cl. The standard InChI is InChI=1S/C17H19ClN2O2S/c1-13-15(8-9-16(21)22-10-11-23-2)17(18)20(19-13)12-14-6-4-3-5-7-14/h3-9H,10-12H2,1-2H3/b9-8+. The van der Waals surface area contributed by atoms with Gasteiger partial charge in [-0.25, -0.2) is 9.48 Å². The highest BCUT2D eigenvalue weighted by Crippen LogP contribution is 2.22. The zero-order valence-electron chi connectivity index (χ0n) is 13.2. The van der Waals surface area contributed by atoms with Crippen LogP contribution in [0.15, 0.2) is 36.4 Å². The Hall–Kier alpha value is -1.72. The van der Waals surface area contributed by atoms with Gasteiger partial charge in [0.2, 0.25) is 0 Å². The van der Waals surface area contributed by atoms with E-state index in [-0.39, 0.29) is 5.97 Å². The van der Waals surface area contributed by atoms with Crippen molar-refractivity contribution < 1.29 is 9.53 Å². The van der Waals surface area contributed by atoms with E-state index >= 15 is 0 Å². The molecule has 0 atom stereocenters. The maximum absolute atomic E-state index is 11.6. The molecule has 1 aromatic carbocycles. The fraction of sp³-hybridized carbons (Fsp3) is 0.294. The Labute approximate surface area is 145 Å². The molecule has 0 radical (unpaired) electrons. The Bertz CT molecular complexity index is 683. The first-order chi connectivity index (χ1) is 11.1. The third-order valence-electron chi connectivity index (χ3n) is 3.20. The smallest absolute Gasteiger partial charge is 0.330 e. The van der Waals surface area contributed by atoms with E-state index in [0.717, 1.165) is 22.6 Å². The molecule has 0 amide bonds. The minimum atomic E-state index is -0.370. The molecule has 122 valence electrons. The predicted octanol–water partition coefficient (Wildman–Crippen LogP) is 3.81. The average molecular weight is 351 g/mol. The zero-order chi connectivity index (χ0) is 16.7. The van der Waals surface area contributed by atoms with Gasteiger partial charge in [0, 0.05) is 17.4 Å². The van der Waals surface area contributed by atoms with Crippen LogP contribution in [0.1, 0.15) is 16.8 Å². The number of halogens is 1. The summed E-state index contributed by atoms with van der Waals surface area (Å²) in [6.45, 7) is 2.86. The van der Waals surface area contributed by atoms with Gasteiger partial charge in [-0.2, -0.15) is 16.9 Å². The second-order valence-corrected chi connectivity index (χ2v) is 6.27. The summed E-state index contributed by atoms with van der Waals surface area (Å²) in [5.41, 5.74) is 2.63. The van der Waals surface area contributed by atoms with Crippen molar-refractivity contribution in [3.63, 3.8) is 0 Å². The minimum absolute atomic E-state index is 0.370.